The maximum Gasteiger partial charge on any atom is 0.263 e. The molecule has 1 aliphatic carbocycles. The molecule has 0 radical (unpaired) electrons. The highest BCUT2D eigenvalue weighted by molar-refractivity contribution is 7.18. The smallest absolute Gasteiger partial charge is 0.263 e. The zero-order valence-electron chi connectivity index (χ0n) is 12.2. The fourth-order valence-electron chi connectivity index (χ4n) is 1.84. The van der Waals surface area contributed by atoms with Crippen molar-refractivity contribution in [3.05, 3.63) is 23.6 Å². The molecule has 0 atom stereocenters. The molecule has 0 saturated heterocycles. The number of hydrogen-bond donors (Lipinski definition) is 3. The van der Waals surface area contributed by atoms with E-state index in [0.717, 1.165) is 37.1 Å². The first kappa shape index (κ1) is 15.9. The van der Waals surface area contributed by atoms with Crippen LogP contribution in [0.15, 0.2) is 18.7 Å². The molecule has 4 N–H and O–H groups in total. The zero-order valence-corrected chi connectivity index (χ0v) is 13.0. The van der Waals surface area contributed by atoms with Crippen molar-refractivity contribution in [2.75, 3.05) is 37.4 Å². The number of hydrogen-bond acceptors (Lipinski definition) is 5. The normalized spacial score (nSPS) is 13.9. The first-order valence-electron chi connectivity index (χ1n) is 7.30. The van der Waals surface area contributed by atoms with Crippen LogP contribution in [0, 0.1) is 5.92 Å². The predicted molar refractivity (Wildman–Crippen MR) is 87.9 cm³/mol. The molecule has 21 heavy (non-hydrogen) atoms. The number of carbonyl (C=O) groups is 1. The standard InChI is InChI=1S/C15H23N3O2S/c1-2-6-18-15(19)14-12(16)9-13(21-14)17-7-3-8-20-10-11-4-5-11/h2,9,11,17H,1,3-8,10,16H2,(H,18,19). The molecule has 116 valence electrons. The van der Waals surface area contributed by atoms with Gasteiger partial charge in [-0.2, -0.15) is 0 Å². The van der Waals surface area contributed by atoms with Crippen molar-refractivity contribution in [1.29, 1.82) is 0 Å². The number of carbonyl (C=O) groups excluding carboxylic acids is 1. The molecule has 1 saturated carbocycles. The van der Waals surface area contributed by atoms with Gasteiger partial charge < -0.3 is 21.1 Å². The molecule has 6 heteroatoms. The highest BCUT2D eigenvalue weighted by Crippen LogP contribution is 2.29. The molecular formula is C15H23N3O2S. The van der Waals surface area contributed by atoms with Gasteiger partial charge in [-0.15, -0.1) is 17.9 Å². The van der Waals surface area contributed by atoms with Crippen LogP contribution in [0.1, 0.15) is 28.9 Å². The van der Waals surface area contributed by atoms with Gasteiger partial charge in [-0.25, -0.2) is 0 Å². The lowest BCUT2D eigenvalue weighted by atomic mass is 10.3. The molecule has 0 aromatic carbocycles. The largest absolute Gasteiger partial charge is 0.397 e. The molecule has 1 aromatic rings. The van der Waals surface area contributed by atoms with Gasteiger partial charge in [0.15, 0.2) is 0 Å². The second-order valence-corrected chi connectivity index (χ2v) is 6.24. The van der Waals surface area contributed by atoms with Crippen LogP contribution < -0.4 is 16.4 Å². The molecular weight excluding hydrogens is 286 g/mol. The lowest BCUT2D eigenvalue weighted by Gasteiger charge is -2.04. The number of nitrogens with two attached hydrogens (primary N) is 1. The molecule has 1 amide bonds. The van der Waals surface area contributed by atoms with Gasteiger partial charge in [0.25, 0.3) is 5.91 Å². The number of amides is 1. The number of rotatable bonds is 10. The topological polar surface area (TPSA) is 76.4 Å². The Bertz CT molecular complexity index is 483. The maximum absolute atomic E-state index is 11.8. The summed E-state index contributed by atoms with van der Waals surface area (Å²) in [6.07, 6.45) is 5.23. The average Bonchev–Trinajstić information content (AvgIpc) is 3.22. The van der Waals surface area contributed by atoms with Crippen LogP contribution in [0.2, 0.25) is 0 Å². The van der Waals surface area contributed by atoms with Crippen LogP contribution in [0.3, 0.4) is 0 Å². The minimum absolute atomic E-state index is 0.154. The zero-order chi connectivity index (χ0) is 15.1. The van der Waals surface area contributed by atoms with Crippen LogP contribution in [0.4, 0.5) is 10.7 Å². The Morgan fingerprint density at radius 2 is 2.38 bits per heavy atom. The summed E-state index contributed by atoms with van der Waals surface area (Å²) in [4.78, 5) is 12.4. The highest BCUT2D eigenvalue weighted by atomic mass is 32.1. The van der Waals surface area contributed by atoms with Gasteiger partial charge in [-0.3, -0.25) is 4.79 Å². The third kappa shape index (κ3) is 5.40. The summed E-state index contributed by atoms with van der Waals surface area (Å²) in [6, 6.07) is 1.80. The Morgan fingerprint density at radius 1 is 1.57 bits per heavy atom. The molecule has 0 spiro atoms. The van der Waals surface area contributed by atoms with Crippen LogP contribution >= 0.6 is 11.3 Å². The van der Waals surface area contributed by atoms with Crippen molar-refractivity contribution in [2.24, 2.45) is 5.92 Å². The summed E-state index contributed by atoms with van der Waals surface area (Å²) in [5, 5.41) is 6.92. The predicted octanol–water partition coefficient (Wildman–Crippen LogP) is 2.47. The number of nitrogen functional groups attached to an aromatic ring is 1. The minimum atomic E-state index is -0.154. The molecule has 0 aliphatic heterocycles. The van der Waals surface area contributed by atoms with E-state index in [1.807, 2.05) is 0 Å². The third-order valence-electron chi connectivity index (χ3n) is 3.19. The minimum Gasteiger partial charge on any atom is -0.397 e. The molecule has 1 aromatic heterocycles. The second-order valence-electron chi connectivity index (χ2n) is 5.19. The summed E-state index contributed by atoms with van der Waals surface area (Å²) >= 11 is 1.37. The van der Waals surface area contributed by atoms with Gasteiger partial charge in [0.05, 0.1) is 10.7 Å². The Labute approximate surface area is 129 Å². The summed E-state index contributed by atoms with van der Waals surface area (Å²) in [5.41, 5.74) is 6.37. The Hall–Kier alpha value is -1.53. The molecule has 5 nitrogen and oxygen atoms in total. The monoisotopic (exact) mass is 309 g/mol. The lowest BCUT2D eigenvalue weighted by Crippen LogP contribution is -2.22. The Morgan fingerprint density at radius 3 is 3.10 bits per heavy atom. The molecule has 1 fully saturated rings. The van der Waals surface area contributed by atoms with Crippen molar-refractivity contribution in [1.82, 2.24) is 5.32 Å². The first-order valence-corrected chi connectivity index (χ1v) is 8.12. The van der Waals surface area contributed by atoms with Crippen molar-refractivity contribution in [2.45, 2.75) is 19.3 Å². The van der Waals surface area contributed by atoms with Crippen molar-refractivity contribution >= 4 is 27.9 Å². The number of ether oxygens (including phenoxy) is 1. The van der Waals surface area contributed by atoms with Crippen LogP contribution in [-0.2, 0) is 4.74 Å². The van der Waals surface area contributed by atoms with Gasteiger partial charge in [0, 0.05) is 26.3 Å². The molecule has 0 unspecified atom stereocenters. The van der Waals surface area contributed by atoms with E-state index < -0.39 is 0 Å². The second kappa shape index (κ2) is 8.05. The van der Waals surface area contributed by atoms with E-state index in [-0.39, 0.29) is 5.91 Å². The SMILES string of the molecule is C=CCNC(=O)c1sc(NCCCOCC2CC2)cc1N. The number of anilines is 2. The fourth-order valence-corrected chi connectivity index (χ4v) is 2.76. The lowest BCUT2D eigenvalue weighted by molar-refractivity contribution is 0.0963. The van der Waals surface area contributed by atoms with Crippen LogP contribution in [-0.4, -0.2) is 32.2 Å². The molecule has 1 heterocycles. The highest BCUT2D eigenvalue weighted by Gasteiger charge is 2.20. The van der Waals surface area contributed by atoms with E-state index in [9.17, 15) is 4.79 Å². The van der Waals surface area contributed by atoms with Gasteiger partial charge in [0.1, 0.15) is 4.88 Å². The van der Waals surface area contributed by atoms with Gasteiger partial charge >= 0.3 is 0 Å². The van der Waals surface area contributed by atoms with Crippen molar-refractivity contribution in [3.63, 3.8) is 0 Å². The molecule has 1 aliphatic rings. The van der Waals surface area contributed by atoms with E-state index in [2.05, 4.69) is 17.2 Å². The fraction of sp³-hybridized carbons (Fsp3) is 0.533. The summed E-state index contributed by atoms with van der Waals surface area (Å²) < 4.78 is 5.57. The Balaban J connectivity index is 1.67. The van der Waals surface area contributed by atoms with E-state index in [0.29, 0.717) is 17.1 Å². The van der Waals surface area contributed by atoms with Crippen molar-refractivity contribution < 1.29 is 9.53 Å². The van der Waals surface area contributed by atoms with E-state index >= 15 is 0 Å². The molecule has 2 rings (SSSR count). The Kier molecular flexibility index (Phi) is 6.07. The summed E-state index contributed by atoms with van der Waals surface area (Å²) in [6.45, 7) is 6.50. The van der Waals surface area contributed by atoms with Crippen molar-refractivity contribution in [3.8, 4) is 0 Å². The van der Waals surface area contributed by atoms with E-state index in [1.165, 1.54) is 24.2 Å². The average molecular weight is 309 g/mol. The van der Waals surface area contributed by atoms with Crippen LogP contribution in [0.5, 0.6) is 0 Å². The third-order valence-corrected chi connectivity index (χ3v) is 4.30. The number of nitrogens with one attached hydrogen (secondary N) is 2. The summed E-state index contributed by atoms with van der Waals surface area (Å²) in [7, 11) is 0. The maximum atomic E-state index is 11.8. The van der Waals surface area contributed by atoms with E-state index in [4.69, 9.17) is 10.5 Å². The van der Waals surface area contributed by atoms with Gasteiger partial charge in [0.2, 0.25) is 0 Å². The first-order chi connectivity index (χ1) is 10.2. The molecule has 0 bridgehead atoms. The summed E-state index contributed by atoms with van der Waals surface area (Å²) in [5.74, 6) is 0.657. The van der Waals surface area contributed by atoms with E-state index in [1.54, 1.807) is 12.1 Å². The van der Waals surface area contributed by atoms with Gasteiger partial charge in [-0.05, 0) is 31.2 Å². The van der Waals surface area contributed by atoms with Crippen LogP contribution in [0.25, 0.3) is 0 Å². The number of thiophene rings is 1. The quantitative estimate of drug-likeness (QED) is 0.458. The van der Waals surface area contributed by atoms with Gasteiger partial charge in [-0.1, -0.05) is 6.08 Å².